The number of nitrogens with one attached hydrogen (secondary N) is 2. The van der Waals surface area contributed by atoms with Crippen molar-refractivity contribution in [1.29, 1.82) is 0 Å². The molecule has 0 aromatic rings. The third-order valence-electron chi connectivity index (χ3n) is 11.4. The highest BCUT2D eigenvalue weighted by Gasteiger charge is 2.62. The molecular weight excluding hydrogens is 712 g/mol. The molecule has 14 nitrogen and oxygen atoms in total. The highest BCUT2D eigenvalue weighted by molar-refractivity contribution is 5.95. The number of fused-ring (bicyclic) bond motifs is 6. The van der Waals surface area contributed by atoms with Crippen LogP contribution in [-0.2, 0) is 57.2 Å². The molecule has 4 aliphatic heterocycles. The molecule has 0 aromatic carbocycles. The van der Waals surface area contributed by atoms with Crippen LogP contribution in [0, 0.1) is 11.8 Å². The lowest BCUT2D eigenvalue weighted by Gasteiger charge is -2.20. The van der Waals surface area contributed by atoms with Crippen molar-refractivity contribution in [1.82, 2.24) is 10.6 Å². The molecule has 4 fully saturated rings. The zero-order valence-electron chi connectivity index (χ0n) is 31.4. The van der Waals surface area contributed by atoms with Gasteiger partial charge >= 0.3 is 23.9 Å². The summed E-state index contributed by atoms with van der Waals surface area (Å²) in [6, 6.07) is 0. The molecule has 0 bridgehead atoms. The monoisotopic (exact) mass is 762 g/mol. The van der Waals surface area contributed by atoms with E-state index in [0.717, 1.165) is 61.1 Å². The molecule has 8 atom stereocenters. The largest absolute Gasteiger partial charge is 0.458 e. The third kappa shape index (κ3) is 9.90. The predicted molar refractivity (Wildman–Crippen MR) is 196 cm³/mol. The average molecular weight is 763 g/mol. The van der Waals surface area contributed by atoms with Gasteiger partial charge in [0.15, 0.2) is 0 Å². The molecule has 14 heteroatoms. The van der Waals surface area contributed by atoms with Crippen LogP contribution in [0.1, 0.15) is 71.6 Å². The molecule has 2 N–H and O–H groups in total. The fourth-order valence-electron chi connectivity index (χ4n) is 7.84. The van der Waals surface area contributed by atoms with Crippen LogP contribution in [0.3, 0.4) is 0 Å². The van der Waals surface area contributed by atoms with Gasteiger partial charge in [-0.3, -0.25) is 9.59 Å². The molecule has 55 heavy (non-hydrogen) atoms. The first kappa shape index (κ1) is 39.9. The summed E-state index contributed by atoms with van der Waals surface area (Å²) in [7, 11) is 0. The second-order valence-corrected chi connectivity index (χ2v) is 15.4. The van der Waals surface area contributed by atoms with Crippen molar-refractivity contribution in [2.75, 3.05) is 26.3 Å². The van der Waals surface area contributed by atoms with E-state index in [2.05, 4.69) is 23.8 Å². The SMILES string of the molecule is C=C1C(=O)O[C@H]2[C@H]1CC/C(COC(=O)/C=C/C(=O)NCCCNC(=O)/C=C/C(=O)OC/C1=C/CC[C@@]3(C)O[C@H]3[C@H]3OC(=O)C(=C)[C@@H]3CC1)=C\CC[C@@]1(C)O[C@@H]21. The van der Waals surface area contributed by atoms with E-state index in [1.807, 2.05) is 26.0 Å². The van der Waals surface area contributed by atoms with Crippen molar-refractivity contribution in [2.45, 2.75) is 107 Å². The number of hydrogen-bond acceptors (Lipinski definition) is 12. The molecule has 2 aliphatic carbocycles. The lowest BCUT2D eigenvalue weighted by atomic mass is 9.84. The van der Waals surface area contributed by atoms with Crippen LogP contribution in [0.5, 0.6) is 0 Å². The van der Waals surface area contributed by atoms with E-state index in [9.17, 15) is 28.8 Å². The second-order valence-electron chi connectivity index (χ2n) is 15.4. The Hall–Kier alpha value is -4.82. The van der Waals surface area contributed by atoms with Crippen molar-refractivity contribution in [3.8, 4) is 0 Å². The summed E-state index contributed by atoms with van der Waals surface area (Å²) in [4.78, 5) is 73.4. The number of carbonyl (C=O) groups excluding carboxylic acids is 6. The third-order valence-corrected chi connectivity index (χ3v) is 11.4. The van der Waals surface area contributed by atoms with Gasteiger partial charge in [-0.2, -0.15) is 0 Å². The van der Waals surface area contributed by atoms with Gasteiger partial charge in [0.1, 0.15) is 37.6 Å². The van der Waals surface area contributed by atoms with Crippen molar-refractivity contribution in [3.63, 3.8) is 0 Å². The molecule has 0 radical (unpaired) electrons. The van der Waals surface area contributed by atoms with Gasteiger partial charge in [-0.25, -0.2) is 19.2 Å². The zero-order valence-corrected chi connectivity index (χ0v) is 31.4. The van der Waals surface area contributed by atoms with E-state index in [0.29, 0.717) is 43.3 Å². The van der Waals surface area contributed by atoms with Gasteiger partial charge < -0.3 is 39.1 Å². The van der Waals surface area contributed by atoms with Gasteiger partial charge in [-0.05, 0) is 82.8 Å². The molecule has 4 saturated heterocycles. The van der Waals surface area contributed by atoms with Crippen LogP contribution >= 0.6 is 0 Å². The Balaban J connectivity index is 0.835. The average Bonchev–Trinajstić information content (AvgIpc) is 3.96. The Kier molecular flexibility index (Phi) is 12.3. The van der Waals surface area contributed by atoms with Gasteiger partial charge in [0.05, 0.1) is 11.2 Å². The summed E-state index contributed by atoms with van der Waals surface area (Å²) in [5.74, 6) is -3.42. The van der Waals surface area contributed by atoms with E-state index in [1.54, 1.807) is 0 Å². The molecule has 6 aliphatic rings. The highest BCUT2D eigenvalue weighted by atomic mass is 16.7. The van der Waals surface area contributed by atoms with E-state index in [-0.39, 0.29) is 85.7 Å². The van der Waals surface area contributed by atoms with Gasteiger partial charge in [-0.1, -0.05) is 25.3 Å². The molecule has 2 amide bonds. The first-order valence-electron chi connectivity index (χ1n) is 19.0. The van der Waals surface area contributed by atoms with E-state index in [1.165, 1.54) is 0 Å². The van der Waals surface area contributed by atoms with E-state index < -0.39 is 23.8 Å². The molecule has 0 spiro atoms. The van der Waals surface area contributed by atoms with E-state index >= 15 is 0 Å². The van der Waals surface area contributed by atoms with Crippen LogP contribution < -0.4 is 10.6 Å². The molecule has 0 saturated carbocycles. The van der Waals surface area contributed by atoms with Crippen LogP contribution in [0.25, 0.3) is 0 Å². The summed E-state index contributed by atoms with van der Waals surface area (Å²) in [5.41, 5.74) is 1.99. The zero-order chi connectivity index (χ0) is 39.3. The molecule has 6 rings (SSSR count). The minimum atomic E-state index is -0.667. The molecule has 296 valence electrons. The van der Waals surface area contributed by atoms with Gasteiger partial charge in [0.25, 0.3) is 0 Å². The summed E-state index contributed by atoms with van der Waals surface area (Å²) < 4.78 is 33.8. The number of epoxide rings is 2. The van der Waals surface area contributed by atoms with Crippen LogP contribution in [-0.4, -0.2) is 97.6 Å². The molecule has 0 unspecified atom stereocenters. The van der Waals surface area contributed by atoms with Gasteiger partial charge in [0, 0.05) is 60.4 Å². The van der Waals surface area contributed by atoms with E-state index in [4.69, 9.17) is 28.4 Å². The maximum absolute atomic E-state index is 12.3. The van der Waals surface area contributed by atoms with Gasteiger partial charge in [0.2, 0.25) is 11.8 Å². The topological polar surface area (TPSA) is 188 Å². The van der Waals surface area contributed by atoms with Crippen molar-refractivity contribution in [2.24, 2.45) is 11.8 Å². The maximum Gasteiger partial charge on any atom is 0.334 e. The number of allylic oxidation sites excluding steroid dienone is 2. The number of ether oxygens (including phenoxy) is 6. The smallest absolute Gasteiger partial charge is 0.334 e. The quantitative estimate of drug-likeness (QED) is 0.0739. The van der Waals surface area contributed by atoms with Crippen molar-refractivity contribution in [3.05, 3.63) is 71.9 Å². The van der Waals surface area contributed by atoms with Crippen molar-refractivity contribution >= 4 is 35.7 Å². The minimum absolute atomic E-state index is 0.0578. The number of hydrogen-bond donors (Lipinski definition) is 2. The maximum atomic E-state index is 12.3. The Morgan fingerprint density at radius 1 is 0.727 bits per heavy atom. The molecule has 0 aromatic heterocycles. The summed E-state index contributed by atoms with van der Waals surface area (Å²) in [5, 5.41) is 5.27. The number of amides is 2. The van der Waals surface area contributed by atoms with Crippen LogP contribution in [0.4, 0.5) is 0 Å². The Morgan fingerprint density at radius 2 is 1.15 bits per heavy atom. The highest BCUT2D eigenvalue weighted by Crippen LogP contribution is 2.51. The predicted octanol–water partition coefficient (Wildman–Crippen LogP) is 3.32. The fraction of sp³-hybridized carbons (Fsp3) is 0.561. The normalized spacial score (nSPS) is 34.7. The Bertz CT molecular complexity index is 1620. The Morgan fingerprint density at radius 3 is 1.56 bits per heavy atom. The lowest BCUT2D eigenvalue weighted by molar-refractivity contribution is -0.140. The fourth-order valence-corrected chi connectivity index (χ4v) is 7.84. The summed E-state index contributed by atoms with van der Waals surface area (Å²) in [6.07, 6.45) is 13.2. The first-order chi connectivity index (χ1) is 26.3. The van der Waals surface area contributed by atoms with Crippen LogP contribution in [0.2, 0.25) is 0 Å². The number of esters is 4. The first-order valence-corrected chi connectivity index (χ1v) is 19.0. The Labute approximate surface area is 320 Å². The molecule has 4 heterocycles. The van der Waals surface area contributed by atoms with Gasteiger partial charge in [-0.15, -0.1) is 0 Å². The molecular formula is C41H50N2O12. The summed E-state index contributed by atoms with van der Waals surface area (Å²) in [6.45, 7) is 12.4. The number of carbonyl (C=O) groups is 6. The summed E-state index contributed by atoms with van der Waals surface area (Å²) >= 11 is 0. The van der Waals surface area contributed by atoms with Crippen molar-refractivity contribution < 1.29 is 57.2 Å². The van der Waals surface area contributed by atoms with Crippen LogP contribution in [0.15, 0.2) is 71.9 Å². The second kappa shape index (κ2) is 16.9. The standard InChI is InChI=1S/C41H50N2O12/c1-24-28-12-10-26(8-5-18-40(3)36(54-40)34(28)52-38(24)48)22-50-32(46)16-14-30(44)42-20-7-21-43-31(45)15-17-33(47)51-23-27-9-6-19-41(4)37(55-41)35-29(13-11-27)25(2)39(49)53-35/h8-9,14-17,28-29,34-37H,1-2,5-7,10-13,18-23H2,3-4H3,(H,42,44)(H,43,45)/b16-14+,17-15+,26-8+,27-9+/t28-,29-,34-,35-,36-,37-,40+,41+/m0/s1. The number of rotatable bonds is 12. The lowest BCUT2D eigenvalue weighted by Crippen LogP contribution is -2.29. The minimum Gasteiger partial charge on any atom is -0.458 e.